The van der Waals surface area contributed by atoms with Crippen LogP contribution in [0.3, 0.4) is 0 Å². The van der Waals surface area contributed by atoms with Crippen molar-refractivity contribution in [2.45, 2.75) is 0 Å². The third-order valence-corrected chi connectivity index (χ3v) is 2.96. The predicted molar refractivity (Wildman–Crippen MR) is 60.1 cm³/mol. The normalized spacial score (nSPS) is 16.9. The first-order valence-corrected chi connectivity index (χ1v) is 5.53. The number of nitrogens with zero attached hydrogens (tertiary/aromatic N) is 3. The topological polar surface area (TPSA) is 38.2 Å². The summed E-state index contributed by atoms with van der Waals surface area (Å²) < 4.78 is 5.23. The van der Waals surface area contributed by atoms with Gasteiger partial charge in [0.15, 0.2) is 11.0 Å². The van der Waals surface area contributed by atoms with Gasteiger partial charge < -0.3 is 9.64 Å². The first-order valence-electron chi connectivity index (χ1n) is 4.39. The molecule has 0 atom stereocenters. The molecule has 2 heterocycles. The van der Waals surface area contributed by atoms with E-state index in [0.29, 0.717) is 24.1 Å². The molecule has 0 unspecified atom stereocenters. The molecule has 1 saturated heterocycles. The van der Waals surface area contributed by atoms with E-state index in [1.54, 1.807) is 0 Å². The van der Waals surface area contributed by atoms with Gasteiger partial charge in [-0.1, -0.05) is 23.2 Å². The highest BCUT2D eigenvalue weighted by Crippen LogP contribution is 2.31. The second-order valence-electron chi connectivity index (χ2n) is 3.02. The molecular weight excluding hydrogens is 260 g/mol. The molecule has 0 aliphatic carbocycles. The Bertz CT molecular complexity index is 368. The van der Waals surface area contributed by atoms with Gasteiger partial charge in [-0.25, -0.2) is 4.98 Å². The lowest BCUT2D eigenvalue weighted by Gasteiger charge is -2.28. The van der Waals surface area contributed by atoms with Crippen LogP contribution in [0.2, 0.25) is 15.5 Å². The average Bonchev–Trinajstić information content (AvgIpc) is 2.24. The third kappa shape index (κ3) is 2.45. The molecule has 0 radical (unpaired) electrons. The van der Waals surface area contributed by atoms with Crippen LogP contribution in [0, 0.1) is 0 Å². The highest BCUT2D eigenvalue weighted by atomic mass is 35.5. The Morgan fingerprint density at radius 1 is 1.07 bits per heavy atom. The van der Waals surface area contributed by atoms with E-state index in [1.165, 1.54) is 0 Å². The van der Waals surface area contributed by atoms with Crippen LogP contribution in [-0.4, -0.2) is 36.3 Å². The highest BCUT2D eigenvalue weighted by Gasteiger charge is 2.18. The van der Waals surface area contributed by atoms with E-state index >= 15 is 0 Å². The van der Waals surface area contributed by atoms with Crippen molar-refractivity contribution in [1.29, 1.82) is 0 Å². The van der Waals surface area contributed by atoms with Gasteiger partial charge in [-0.3, -0.25) is 0 Å². The monoisotopic (exact) mass is 267 g/mol. The molecule has 15 heavy (non-hydrogen) atoms. The van der Waals surface area contributed by atoms with E-state index in [9.17, 15) is 0 Å². The van der Waals surface area contributed by atoms with Gasteiger partial charge in [0.1, 0.15) is 5.02 Å². The van der Waals surface area contributed by atoms with Crippen molar-refractivity contribution in [3.63, 3.8) is 0 Å². The predicted octanol–water partition coefficient (Wildman–Crippen LogP) is 2.27. The summed E-state index contributed by atoms with van der Waals surface area (Å²) in [6.07, 6.45) is 0. The maximum Gasteiger partial charge on any atom is 0.225 e. The number of ether oxygens (including phenoxy) is 1. The summed E-state index contributed by atoms with van der Waals surface area (Å²) in [5, 5.41) is 0.618. The highest BCUT2D eigenvalue weighted by molar-refractivity contribution is 6.43. The number of halogens is 3. The lowest BCUT2D eigenvalue weighted by Crippen LogP contribution is -2.37. The number of anilines is 1. The van der Waals surface area contributed by atoms with E-state index in [-0.39, 0.29) is 10.4 Å². The zero-order valence-electron chi connectivity index (χ0n) is 7.71. The lowest BCUT2D eigenvalue weighted by molar-refractivity contribution is 0.122. The molecule has 0 saturated carbocycles. The van der Waals surface area contributed by atoms with Gasteiger partial charge in [0, 0.05) is 13.1 Å². The van der Waals surface area contributed by atoms with Gasteiger partial charge in [-0.2, -0.15) is 4.98 Å². The smallest absolute Gasteiger partial charge is 0.225 e. The minimum atomic E-state index is 0.103. The molecule has 0 aromatic carbocycles. The van der Waals surface area contributed by atoms with Crippen LogP contribution in [-0.2, 0) is 4.74 Å². The molecule has 7 heteroatoms. The van der Waals surface area contributed by atoms with Crippen molar-refractivity contribution in [2.24, 2.45) is 0 Å². The summed E-state index contributed by atoms with van der Waals surface area (Å²) in [6.45, 7) is 2.75. The van der Waals surface area contributed by atoms with Crippen LogP contribution in [0.5, 0.6) is 0 Å². The van der Waals surface area contributed by atoms with Crippen LogP contribution in [0.25, 0.3) is 0 Å². The van der Waals surface area contributed by atoms with E-state index in [1.807, 2.05) is 4.90 Å². The van der Waals surface area contributed by atoms with E-state index < -0.39 is 0 Å². The fraction of sp³-hybridized carbons (Fsp3) is 0.500. The SMILES string of the molecule is Clc1nc(Cl)c(Cl)c(N2CCOCC2)n1. The van der Waals surface area contributed by atoms with Crippen molar-refractivity contribution in [3.8, 4) is 0 Å². The van der Waals surface area contributed by atoms with Crippen LogP contribution in [0.15, 0.2) is 0 Å². The van der Waals surface area contributed by atoms with Crippen molar-refractivity contribution < 1.29 is 4.74 Å². The Kier molecular flexibility index (Phi) is 3.51. The Hall–Kier alpha value is -0.290. The van der Waals surface area contributed by atoms with Crippen LogP contribution in [0.4, 0.5) is 5.82 Å². The summed E-state index contributed by atoms with van der Waals surface area (Å²) in [5.41, 5.74) is 0. The standard InChI is InChI=1S/C8H8Cl3N3O/c9-5-6(10)12-8(11)13-7(5)14-1-3-15-4-2-14/h1-4H2. The molecule has 1 aromatic heterocycles. The van der Waals surface area contributed by atoms with Gasteiger partial charge >= 0.3 is 0 Å². The molecule has 4 nitrogen and oxygen atoms in total. The summed E-state index contributed by atoms with van der Waals surface area (Å²) in [7, 11) is 0. The molecule has 1 fully saturated rings. The number of morpholine rings is 1. The maximum absolute atomic E-state index is 6.00. The minimum absolute atomic E-state index is 0.103. The fourth-order valence-electron chi connectivity index (χ4n) is 1.37. The van der Waals surface area contributed by atoms with Gasteiger partial charge in [0.05, 0.1) is 13.2 Å². The fourth-order valence-corrected chi connectivity index (χ4v) is 1.94. The molecule has 0 N–H and O–H groups in total. The van der Waals surface area contributed by atoms with Crippen LogP contribution >= 0.6 is 34.8 Å². The molecule has 0 bridgehead atoms. The molecule has 0 spiro atoms. The number of hydrogen-bond acceptors (Lipinski definition) is 4. The molecule has 0 amide bonds. The Morgan fingerprint density at radius 3 is 2.40 bits per heavy atom. The van der Waals surface area contributed by atoms with Gasteiger partial charge in [0.25, 0.3) is 0 Å². The zero-order valence-corrected chi connectivity index (χ0v) is 9.98. The van der Waals surface area contributed by atoms with E-state index in [2.05, 4.69) is 9.97 Å². The molecule has 1 aliphatic heterocycles. The number of hydrogen-bond donors (Lipinski definition) is 0. The molecule has 1 aliphatic rings. The Morgan fingerprint density at radius 2 is 1.73 bits per heavy atom. The molecular formula is C8H8Cl3N3O. The molecule has 82 valence electrons. The third-order valence-electron chi connectivity index (χ3n) is 2.08. The average molecular weight is 269 g/mol. The Labute approximate surface area is 102 Å². The number of rotatable bonds is 1. The maximum atomic E-state index is 6.00. The van der Waals surface area contributed by atoms with Crippen molar-refractivity contribution in [3.05, 3.63) is 15.5 Å². The summed E-state index contributed by atoms with van der Waals surface area (Å²) in [4.78, 5) is 9.80. The number of aromatic nitrogens is 2. The second-order valence-corrected chi connectivity index (χ2v) is 4.09. The first-order chi connectivity index (χ1) is 7.18. The first kappa shape index (κ1) is 11.2. The van der Waals surface area contributed by atoms with Gasteiger partial charge in [0.2, 0.25) is 5.28 Å². The Balaban J connectivity index is 2.33. The van der Waals surface area contributed by atoms with Gasteiger partial charge in [-0.15, -0.1) is 0 Å². The summed E-state index contributed by atoms with van der Waals surface area (Å²) in [5.74, 6) is 0.574. The lowest BCUT2D eigenvalue weighted by atomic mass is 10.4. The zero-order chi connectivity index (χ0) is 10.8. The molecule has 1 aromatic rings. The van der Waals surface area contributed by atoms with Crippen LogP contribution in [0.1, 0.15) is 0 Å². The van der Waals surface area contributed by atoms with Crippen molar-refractivity contribution in [2.75, 3.05) is 31.2 Å². The van der Waals surface area contributed by atoms with E-state index in [0.717, 1.165) is 13.1 Å². The summed E-state index contributed by atoms with van der Waals surface area (Å²) in [6, 6.07) is 0. The van der Waals surface area contributed by atoms with Crippen molar-refractivity contribution >= 4 is 40.6 Å². The van der Waals surface area contributed by atoms with Crippen LogP contribution < -0.4 is 4.90 Å². The van der Waals surface area contributed by atoms with E-state index in [4.69, 9.17) is 39.5 Å². The second kappa shape index (κ2) is 4.70. The largest absolute Gasteiger partial charge is 0.378 e. The van der Waals surface area contributed by atoms with Crippen molar-refractivity contribution in [1.82, 2.24) is 9.97 Å². The molecule has 2 rings (SSSR count). The van der Waals surface area contributed by atoms with Gasteiger partial charge in [-0.05, 0) is 11.6 Å². The quantitative estimate of drug-likeness (QED) is 0.578. The minimum Gasteiger partial charge on any atom is -0.378 e. The summed E-state index contributed by atoms with van der Waals surface area (Å²) >= 11 is 17.5.